The zero-order valence-electron chi connectivity index (χ0n) is 19.4. The molecular formula is C26H23N7O3. The van der Waals surface area contributed by atoms with E-state index in [0.29, 0.717) is 23.5 Å². The third-order valence-corrected chi connectivity index (χ3v) is 4.98. The number of amides is 3. The molecule has 4 rings (SSSR count). The molecule has 0 fully saturated rings. The lowest BCUT2D eigenvalue weighted by Gasteiger charge is -2.10. The summed E-state index contributed by atoms with van der Waals surface area (Å²) < 4.78 is 0. The maximum Gasteiger partial charge on any atom is 0.288 e. The highest BCUT2D eigenvalue weighted by molar-refractivity contribution is 5.98. The lowest BCUT2D eigenvalue weighted by Crippen LogP contribution is -2.42. The average molecular weight is 482 g/mol. The van der Waals surface area contributed by atoms with Crippen molar-refractivity contribution in [3.63, 3.8) is 0 Å². The molecule has 3 amide bonds. The summed E-state index contributed by atoms with van der Waals surface area (Å²) >= 11 is 0. The maximum absolute atomic E-state index is 12.6. The molecule has 10 nitrogen and oxygen atoms in total. The van der Waals surface area contributed by atoms with Gasteiger partial charge in [0.2, 0.25) is 0 Å². The zero-order valence-corrected chi connectivity index (χ0v) is 19.4. The fourth-order valence-corrected chi connectivity index (χ4v) is 3.38. The Balaban J connectivity index is 1.40. The number of benzene rings is 1. The average Bonchev–Trinajstić information content (AvgIpc) is 2.91. The molecule has 4 aromatic rings. The number of aromatic nitrogens is 3. The molecule has 0 saturated heterocycles. The molecule has 0 aliphatic heterocycles. The number of carbonyl (C=O) groups excluding carboxylic acids is 3. The highest BCUT2D eigenvalue weighted by Crippen LogP contribution is 2.14. The molecule has 1 aromatic carbocycles. The van der Waals surface area contributed by atoms with E-state index in [1.54, 1.807) is 72.9 Å². The molecule has 0 unspecified atom stereocenters. The molecule has 0 atom stereocenters. The molecule has 3 heterocycles. The van der Waals surface area contributed by atoms with E-state index in [1.807, 2.05) is 13.0 Å². The summed E-state index contributed by atoms with van der Waals surface area (Å²) in [5, 5.41) is 0. The Labute approximate surface area is 207 Å². The maximum atomic E-state index is 12.6. The SMILES string of the molecule is Cc1cc(Cc2cccc(C(=O)NNc3ccccn3)n2)cc(C(=O)NNC(=O)c2ccccn2)c1. The molecule has 3 aromatic heterocycles. The van der Waals surface area contributed by atoms with Crippen LogP contribution in [0.3, 0.4) is 0 Å². The number of hydrogen-bond acceptors (Lipinski definition) is 7. The van der Waals surface area contributed by atoms with Gasteiger partial charge in [0.05, 0.1) is 0 Å². The molecule has 0 radical (unpaired) electrons. The van der Waals surface area contributed by atoms with E-state index in [9.17, 15) is 14.4 Å². The summed E-state index contributed by atoms with van der Waals surface area (Å²) in [5.41, 5.74) is 13.2. The molecule has 4 N–H and O–H groups in total. The topological polar surface area (TPSA) is 138 Å². The van der Waals surface area contributed by atoms with Gasteiger partial charge in [-0.3, -0.25) is 41.1 Å². The van der Waals surface area contributed by atoms with Crippen LogP contribution in [0.4, 0.5) is 5.82 Å². The van der Waals surface area contributed by atoms with Crippen LogP contribution in [0.1, 0.15) is 48.2 Å². The fraction of sp³-hybridized carbons (Fsp3) is 0.0769. The van der Waals surface area contributed by atoms with Crippen molar-refractivity contribution < 1.29 is 14.4 Å². The van der Waals surface area contributed by atoms with Gasteiger partial charge in [0.15, 0.2) is 0 Å². The summed E-state index contributed by atoms with van der Waals surface area (Å²) in [4.78, 5) is 49.7. The molecule has 0 aliphatic carbocycles. The molecule has 0 spiro atoms. The first-order valence-corrected chi connectivity index (χ1v) is 11.0. The minimum Gasteiger partial charge on any atom is -0.282 e. The molecule has 10 heteroatoms. The van der Waals surface area contributed by atoms with Crippen molar-refractivity contribution >= 4 is 23.5 Å². The minimum absolute atomic E-state index is 0.188. The second-order valence-electron chi connectivity index (χ2n) is 7.82. The smallest absolute Gasteiger partial charge is 0.282 e. The number of nitrogens with zero attached hydrogens (tertiary/aromatic N) is 3. The van der Waals surface area contributed by atoms with Crippen LogP contribution in [0, 0.1) is 6.92 Å². The van der Waals surface area contributed by atoms with E-state index >= 15 is 0 Å². The first kappa shape index (κ1) is 24.0. The van der Waals surface area contributed by atoms with Crippen LogP contribution in [-0.4, -0.2) is 32.7 Å². The van der Waals surface area contributed by atoms with Gasteiger partial charge in [-0.25, -0.2) is 9.97 Å². The second kappa shape index (κ2) is 11.3. The number of hydrazine groups is 2. The van der Waals surface area contributed by atoms with Crippen molar-refractivity contribution in [1.29, 1.82) is 0 Å². The summed E-state index contributed by atoms with van der Waals surface area (Å²) in [6.45, 7) is 1.87. The summed E-state index contributed by atoms with van der Waals surface area (Å²) in [5.74, 6) is -0.890. The number of rotatable bonds is 7. The van der Waals surface area contributed by atoms with Crippen molar-refractivity contribution in [2.45, 2.75) is 13.3 Å². The van der Waals surface area contributed by atoms with Crippen molar-refractivity contribution in [3.05, 3.63) is 119 Å². The van der Waals surface area contributed by atoms with Gasteiger partial charge >= 0.3 is 0 Å². The predicted molar refractivity (Wildman–Crippen MR) is 133 cm³/mol. The highest BCUT2D eigenvalue weighted by atomic mass is 16.2. The highest BCUT2D eigenvalue weighted by Gasteiger charge is 2.13. The van der Waals surface area contributed by atoms with E-state index in [0.717, 1.165) is 11.1 Å². The van der Waals surface area contributed by atoms with Gasteiger partial charge in [-0.15, -0.1) is 0 Å². The zero-order chi connectivity index (χ0) is 25.3. The number of aryl methyl sites for hydroxylation is 1. The Bertz CT molecular complexity index is 1380. The number of pyridine rings is 3. The van der Waals surface area contributed by atoms with Gasteiger partial charge < -0.3 is 0 Å². The standard InChI is InChI=1S/C26H23N7O3/c1-17-13-18(15-19(14-17)24(34)31-33-25(35)21-8-2-4-11-27-21)16-20-7-6-9-22(29-20)26(36)32-30-23-10-3-5-12-28-23/h2-15H,16H2,1H3,(H,28,30)(H,31,34)(H,32,36)(H,33,35). The number of hydrogen-bond donors (Lipinski definition) is 4. The van der Waals surface area contributed by atoms with Crippen LogP contribution in [0.2, 0.25) is 0 Å². The lowest BCUT2D eigenvalue weighted by molar-refractivity contribution is 0.0844. The normalized spacial score (nSPS) is 10.2. The van der Waals surface area contributed by atoms with Crippen molar-refractivity contribution in [2.24, 2.45) is 0 Å². The Kier molecular flexibility index (Phi) is 7.57. The van der Waals surface area contributed by atoms with E-state index in [2.05, 4.69) is 36.7 Å². The number of nitrogens with one attached hydrogen (secondary N) is 4. The quantitative estimate of drug-likeness (QED) is 0.298. The van der Waals surface area contributed by atoms with Gasteiger partial charge in [0, 0.05) is 30.1 Å². The molecule has 0 saturated carbocycles. The molecule has 36 heavy (non-hydrogen) atoms. The summed E-state index contributed by atoms with van der Waals surface area (Å²) in [6, 6.07) is 20.7. The molecule has 0 aliphatic rings. The number of carbonyl (C=O) groups is 3. The monoisotopic (exact) mass is 481 g/mol. The van der Waals surface area contributed by atoms with E-state index < -0.39 is 17.7 Å². The van der Waals surface area contributed by atoms with Gasteiger partial charge in [-0.2, -0.15) is 0 Å². The third-order valence-electron chi connectivity index (χ3n) is 4.98. The van der Waals surface area contributed by atoms with Crippen molar-refractivity contribution in [3.8, 4) is 0 Å². The minimum atomic E-state index is -0.520. The first-order valence-electron chi connectivity index (χ1n) is 11.0. The van der Waals surface area contributed by atoms with Crippen molar-refractivity contribution in [1.82, 2.24) is 31.2 Å². The third kappa shape index (κ3) is 6.48. The van der Waals surface area contributed by atoms with Gasteiger partial charge in [0.1, 0.15) is 17.2 Å². The van der Waals surface area contributed by atoms with Crippen LogP contribution in [0.25, 0.3) is 0 Å². The van der Waals surface area contributed by atoms with E-state index in [1.165, 1.54) is 6.20 Å². The Hall–Kier alpha value is -5.12. The van der Waals surface area contributed by atoms with Gasteiger partial charge in [-0.1, -0.05) is 29.8 Å². The predicted octanol–water partition coefficient (Wildman–Crippen LogP) is 2.60. The van der Waals surface area contributed by atoms with Crippen LogP contribution >= 0.6 is 0 Å². The Morgan fingerprint density at radius 1 is 0.722 bits per heavy atom. The summed E-state index contributed by atoms with van der Waals surface area (Å²) in [7, 11) is 0. The van der Waals surface area contributed by atoms with Crippen LogP contribution in [-0.2, 0) is 6.42 Å². The number of anilines is 1. The Morgan fingerprint density at radius 3 is 2.19 bits per heavy atom. The summed E-state index contributed by atoms with van der Waals surface area (Å²) in [6.07, 6.45) is 3.50. The second-order valence-corrected chi connectivity index (χ2v) is 7.82. The van der Waals surface area contributed by atoms with Crippen LogP contribution in [0.15, 0.2) is 85.2 Å². The van der Waals surface area contributed by atoms with E-state index in [-0.39, 0.29) is 11.4 Å². The van der Waals surface area contributed by atoms with Crippen LogP contribution < -0.4 is 21.7 Å². The molecule has 0 bridgehead atoms. The lowest BCUT2D eigenvalue weighted by atomic mass is 10.0. The van der Waals surface area contributed by atoms with Crippen molar-refractivity contribution in [2.75, 3.05) is 5.43 Å². The molecular weight excluding hydrogens is 458 g/mol. The molecule has 180 valence electrons. The van der Waals surface area contributed by atoms with E-state index in [4.69, 9.17) is 0 Å². The van der Waals surface area contributed by atoms with Gasteiger partial charge in [0.25, 0.3) is 17.7 Å². The van der Waals surface area contributed by atoms with Crippen LogP contribution in [0.5, 0.6) is 0 Å². The van der Waals surface area contributed by atoms with Gasteiger partial charge in [-0.05, 0) is 61.0 Å². The Morgan fingerprint density at radius 2 is 1.44 bits per heavy atom. The fourth-order valence-electron chi connectivity index (χ4n) is 3.38. The largest absolute Gasteiger partial charge is 0.288 e. The first-order chi connectivity index (χ1) is 17.5.